The van der Waals surface area contributed by atoms with E-state index in [0.717, 1.165) is 16.5 Å². The smallest absolute Gasteiger partial charge is 0.334 e. The lowest BCUT2D eigenvalue weighted by Crippen LogP contribution is -2.40. The molecule has 0 amide bonds. The van der Waals surface area contributed by atoms with Gasteiger partial charge in [-0.3, -0.25) is 15.5 Å². The molecule has 0 radical (unpaired) electrons. The third-order valence-corrected chi connectivity index (χ3v) is 3.60. The van der Waals surface area contributed by atoms with Crippen molar-refractivity contribution in [2.45, 2.75) is 26.3 Å². The SMILES string of the molecule is CC(C)(C)NNc1ncnc(Nc2cccc3ccccc23)c1[N+](=O)[O-]. The predicted molar refractivity (Wildman–Crippen MR) is 102 cm³/mol. The Kier molecular flexibility index (Phi) is 4.68. The minimum Gasteiger partial charge on any atom is -0.334 e. The van der Waals surface area contributed by atoms with Crippen LogP contribution in [0.5, 0.6) is 0 Å². The highest BCUT2D eigenvalue weighted by Gasteiger charge is 2.24. The number of fused-ring (bicyclic) bond motifs is 1. The highest BCUT2D eigenvalue weighted by Crippen LogP contribution is 2.33. The van der Waals surface area contributed by atoms with Gasteiger partial charge in [-0.2, -0.15) is 0 Å². The number of nitrogens with zero attached hydrogens (tertiary/aromatic N) is 3. The fourth-order valence-corrected chi connectivity index (χ4v) is 2.44. The molecule has 26 heavy (non-hydrogen) atoms. The molecule has 1 heterocycles. The maximum atomic E-state index is 11.6. The number of rotatable bonds is 5. The highest BCUT2D eigenvalue weighted by molar-refractivity contribution is 5.95. The van der Waals surface area contributed by atoms with Gasteiger partial charge in [0.15, 0.2) is 0 Å². The van der Waals surface area contributed by atoms with Gasteiger partial charge in [-0.1, -0.05) is 36.4 Å². The number of nitrogens with one attached hydrogen (secondary N) is 3. The van der Waals surface area contributed by atoms with Crippen molar-refractivity contribution < 1.29 is 4.92 Å². The molecule has 3 rings (SSSR count). The molecule has 0 aliphatic carbocycles. The summed E-state index contributed by atoms with van der Waals surface area (Å²) < 4.78 is 0. The molecular weight excluding hydrogens is 332 g/mol. The average molecular weight is 352 g/mol. The van der Waals surface area contributed by atoms with Crippen molar-refractivity contribution in [1.29, 1.82) is 0 Å². The second kappa shape index (κ2) is 6.93. The topological polar surface area (TPSA) is 105 Å². The van der Waals surface area contributed by atoms with E-state index in [1.165, 1.54) is 6.33 Å². The van der Waals surface area contributed by atoms with Crippen LogP contribution in [0, 0.1) is 10.1 Å². The van der Waals surface area contributed by atoms with Gasteiger partial charge in [-0.25, -0.2) is 15.4 Å². The summed E-state index contributed by atoms with van der Waals surface area (Å²) in [7, 11) is 0. The average Bonchev–Trinajstić information content (AvgIpc) is 2.59. The fourth-order valence-electron chi connectivity index (χ4n) is 2.44. The molecule has 0 aliphatic heterocycles. The fraction of sp³-hybridized carbons (Fsp3) is 0.222. The Balaban J connectivity index is 2.00. The Morgan fingerprint density at radius 2 is 1.69 bits per heavy atom. The highest BCUT2D eigenvalue weighted by atomic mass is 16.6. The lowest BCUT2D eigenvalue weighted by atomic mass is 10.1. The van der Waals surface area contributed by atoms with Crippen LogP contribution < -0.4 is 16.2 Å². The Morgan fingerprint density at radius 3 is 2.42 bits per heavy atom. The van der Waals surface area contributed by atoms with E-state index < -0.39 is 4.92 Å². The second-order valence-corrected chi connectivity index (χ2v) is 6.83. The zero-order valence-electron chi connectivity index (χ0n) is 14.8. The minimum atomic E-state index is -0.500. The van der Waals surface area contributed by atoms with E-state index >= 15 is 0 Å². The third-order valence-electron chi connectivity index (χ3n) is 3.60. The van der Waals surface area contributed by atoms with E-state index in [-0.39, 0.29) is 22.9 Å². The molecule has 0 atom stereocenters. The van der Waals surface area contributed by atoms with Gasteiger partial charge in [0, 0.05) is 16.6 Å². The molecule has 0 aliphatic rings. The van der Waals surface area contributed by atoms with Gasteiger partial charge in [0.25, 0.3) is 0 Å². The zero-order valence-corrected chi connectivity index (χ0v) is 14.8. The van der Waals surface area contributed by atoms with E-state index in [0.29, 0.717) is 0 Å². The molecule has 0 fully saturated rings. The minimum absolute atomic E-state index is 0.0997. The second-order valence-electron chi connectivity index (χ2n) is 6.83. The van der Waals surface area contributed by atoms with Crippen molar-refractivity contribution in [3.8, 4) is 0 Å². The van der Waals surface area contributed by atoms with Gasteiger partial charge < -0.3 is 5.32 Å². The summed E-state index contributed by atoms with van der Waals surface area (Å²) in [6.45, 7) is 5.80. The van der Waals surface area contributed by atoms with E-state index in [1.807, 2.05) is 63.2 Å². The summed E-state index contributed by atoms with van der Waals surface area (Å²) in [5.74, 6) is 0.224. The van der Waals surface area contributed by atoms with Crippen LogP contribution in [0.3, 0.4) is 0 Å². The van der Waals surface area contributed by atoms with Crippen LogP contribution in [0.4, 0.5) is 23.0 Å². The molecular formula is C18H20N6O2. The van der Waals surface area contributed by atoms with Crippen LogP contribution in [-0.2, 0) is 0 Å². The molecule has 0 unspecified atom stereocenters. The summed E-state index contributed by atoms with van der Waals surface area (Å²) in [5.41, 5.74) is 6.02. The van der Waals surface area contributed by atoms with E-state index in [4.69, 9.17) is 0 Å². The van der Waals surface area contributed by atoms with Crippen LogP contribution >= 0.6 is 0 Å². The zero-order chi connectivity index (χ0) is 18.7. The lowest BCUT2D eigenvalue weighted by Gasteiger charge is -2.21. The normalized spacial score (nSPS) is 11.3. The monoisotopic (exact) mass is 352 g/mol. The predicted octanol–water partition coefficient (Wildman–Crippen LogP) is 4.00. The van der Waals surface area contributed by atoms with Crippen LogP contribution in [0.25, 0.3) is 10.8 Å². The molecule has 0 spiro atoms. The first kappa shape index (κ1) is 17.6. The van der Waals surface area contributed by atoms with Gasteiger partial charge in [0.2, 0.25) is 11.6 Å². The van der Waals surface area contributed by atoms with Crippen molar-refractivity contribution in [1.82, 2.24) is 15.4 Å². The van der Waals surface area contributed by atoms with Crippen LogP contribution in [-0.4, -0.2) is 20.4 Å². The van der Waals surface area contributed by atoms with Gasteiger partial charge >= 0.3 is 5.69 Å². The summed E-state index contributed by atoms with van der Waals surface area (Å²) in [6.07, 6.45) is 1.28. The molecule has 0 saturated carbocycles. The molecule has 2 aromatic carbocycles. The van der Waals surface area contributed by atoms with Crippen molar-refractivity contribution in [2.75, 3.05) is 10.7 Å². The van der Waals surface area contributed by atoms with Crippen LogP contribution in [0.2, 0.25) is 0 Å². The first-order chi connectivity index (χ1) is 12.3. The Labute approximate surface area is 150 Å². The number of hydrogen-bond donors (Lipinski definition) is 3. The maximum Gasteiger partial charge on any atom is 0.354 e. The summed E-state index contributed by atoms with van der Waals surface area (Å²) in [4.78, 5) is 19.2. The Bertz CT molecular complexity index is 947. The maximum absolute atomic E-state index is 11.6. The number of anilines is 3. The standard InChI is InChI=1S/C18H20N6O2/c1-18(2,3)23-22-17-15(24(25)26)16(19-11-20-17)21-14-10-6-8-12-7-4-5-9-13(12)14/h4-11,23H,1-3H3,(H2,19,20,21,22). The van der Waals surface area contributed by atoms with E-state index in [2.05, 4.69) is 26.1 Å². The number of aromatic nitrogens is 2. The van der Waals surface area contributed by atoms with Crippen molar-refractivity contribution in [2.24, 2.45) is 0 Å². The molecule has 134 valence electrons. The van der Waals surface area contributed by atoms with Crippen LogP contribution in [0.15, 0.2) is 48.8 Å². The molecule has 0 bridgehead atoms. The summed E-state index contributed by atoms with van der Waals surface area (Å²) >= 11 is 0. The van der Waals surface area contributed by atoms with Gasteiger partial charge in [-0.05, 0) is 32.2 Å². The Morgan fingerprint density at radius 1 is 1.00 bits per heavy atom. The number of hydrogen-bond acceptors (Lipinski definition) is 7. The van der Waals surface area contributed by atoms with Crippen molar-refractivity contribution in [3.05, 3.63) is 58.9 Å². The van der Waals surface area contributed by atoms with Gasteiger partial charge in [0.05, 0.1) is 4.92 Å². The molecule has 1 aromatic heterocycles. The first-order valence-corrected chi connectivity index (χ1v) is 8.12. The summed E-state index contributed by atoms with van der Waals surface area (Å²) in [5, 5.41) is 16.7. The number of nitro groups is 1. The Hall–Kier alpha value is -3.26. The number of hydrazine groups is 1. The van der Waals surface area contributed by atoms with Crippen molar-refractivity contribution >= 4 is 33.8 Å². The molecule has 8 nitrogen and oxygen atoms in total. The molecule has 3 N–H and O–H groups in total. The molecule has 0 saturated heterocycles. The molecule has 8 heteroatoms. The van der Waals surface area contributed by atoms with Gasteiger partial charge in [-0.15, -0.1) is 0 Å². The van der Waals surface area contributed by atoms with E-state index in [9.17, 15) is 10.1 Å². The summed E-state index contributed by atoms with van der Waals surface area (Å²) in [6, 6.07) is 13.5. The first-order valence-electron chi connectivity index (χ1n) is 8.12. The third kappa shape index (κ3) is 3.86. The largest absolute Gasteiger partial charge is 0.354 e. The van der Waals surface area contributed by atoms with Gasteiger partial charge in [0.1, 0.15) is 6.33 Å². The van der Waals surface area contributed by atoms with Crippen LogP contribution in [0.1, 0.15) is 20.8 Å². The number of benzene rings is 2. The van der Waals surface area contributed by atoms with E-state index in [1.54, 1.807) is 0 Å². The quantitative estimate of drug-likeness (QED) is 0.471. The van der Waals surface area contributed by atoms with Crippen molar-refractivity contribution in [3.63, 3.8) is 0 Å². The lowest BCUT2D eigenvalue weighted by molar-refractivity contribution is -0.383. The molecule has 3 aromatic rings.